The van der Waals surface area contributed by atoms with E-state index in [1.165, 1.54) is 31.3 Å². The lowest BCUT2D eigenvalue weighted by atomic mass is 10.1. The van der Waals surface area contributed by atoms with E-state index in [4.69, 9.17) is 0 Å². The second-order valence-corrected chi connectivity index (χ2v) is 9.05. The summed E-state index contributed by atoms with van der Waals surface area (Å²) in [6.45, 7) is 1.78. The summed E-state index contributed by atoms with van der Waals surface area (Å²) >= 11 is 1.16. The normalized spacial score (nSPS) is 12.4. The van der Waals surface area contributed by atoms with Crippen molar-refractivity contribution in [3.63, 3.8) is 0 Å². The number of rotatable bonds is 6. The molecule has 1 N–H and O–H groups in total. The molecule has 28 heavy (non-hydrogen) atoms. The van der Waals surface area contributed by atoms with Gasteiger partial charge in [0.1, 0.15) is 10.7 Å². The van der Waals surface area contributed by atoms with E-state index in [1.54, 1.807) is 48.7 Å². The van der Waals surface area contributed by atoms with Crippen LogP contribution in [0.5, 0.6) is 0 Å². The van der Waals surface area contributed by atoms with E-state index < -0.39 is 15.9 Å². The molecule has 0 aliphatic heterocycles. The summed E-state index contributed by atoms with van der Waals surface area (Å²) in [4.78, 5) is 13.2. The van der Waals surface area contributed by atoms with Gasteiger partial charge in [-0.1, -0.05) is 30.3 Å². The molecule has 1 heterocycles. The molecular formula is C20H19FN2O3S2. The van der Waals surface area contributed by atoms with Crippen molar-refractivity contribution in [2.45, 2.75) is 17.9 Å². The van der Waals surface area contributed by atoms with Crippen LogP contribution >= 0.6 is 11.3 Å². The highest BCUT2D eigenvalue weighted by Gasteiger charge is 2.26. The van der Waals surface area contributed by atoms with E-state index in [2.05, 4.69) is 5.32 Å². The predicted molar refractivity (Wildman–Crippen MR) is 109 cm³/mol. The van der Waals surface area contributed by atoms with Crippen molar-refractivity contribution in [3.05, 3.63) is 82.3 Å². The van der Waals surface area contributed by atoms with Crippen molar-refractivity contribution in [1.29, 1.82) is 0 Å². The van der Waals surface area contributed by atoms with Gasteiger partial charge in [-0.25, -0.2) is 12.8 Å². The zero-order valence-corrected chi connectivity index (χ0v) is 16.9. The molecule has 3 rings (SSSR count). The van der Waals surface area contributed by atoms with Crippen LogP contribution in [-0.2, 0) is 10.0 Å². The average molecular weight is 419 g/mol. The predicted octanol–water partition coefficient (Wildman–Crippen LogP) is 4.20. The molecule has 8 heteroatoms. The Morgan fingerprint density at radius 2 is 1.71 bits per heavy atom. The van der Waals surface area contributed by atoms with Gasteiger partial charge in [-0.05, 0) is 48.2 Å². The standard InChI is InChI=1S/C20H19FN2O3S2/c1-14(15-8-10-16(21)11-9-15)22-20(24)19-18(12-13-27-19)23(2)28(25,26)17-6-4-3-5-7-17/h3-14H,1-2H3,(H,22,24). The van der Waals surface area contributed by atoms with Gasteiger partial charge in [-0.15, -0.1) is 11.3 Å². The lowest BCUT2D eigenvalue weighted by molar-refractivity contribution is 0.0944. The van der Waals surface area contributed by atoms with Crippen LogP contribution in [0.1, 0.15) is 28.2 Å². The third kappa shape index (κ3) is 4.07. The number of sulfonamides is 1. The zero-order valence-electron chi connectivity index (χ0n) is 15.3. The molecule has 0 spiro atoms. The molecule has 0 aliphatic rings. The summed E-state index contributed by atoms with van der Waals surface area (Å²) in [6, 6.07) is 15.1. The van der Waals surface area contributed by atoms with Crippen LogP contribution in [-0.4, -0.2) is 21.4 Å². The number of thiophene rings is 1. The van der Waals surface area contributed by atoms with Gasteiger partial charge in [0.05, 0.1) is 16.6 Å². The number of nitrogens with zero attached hydrogens (tertiary/aromatic N) is 1. The first-order valence-corrected chi connectivity index (χ1v) is 10.8. The number of hydrogen-bond acceptors (Lipinski definition) is 4. The minimum Gasteiger partial charge on any atom is -0.345 e. The molecule has 3 aromatic rings. The summed E-state index contributed by atoms with van der Waals surface area (Å²) in [7, 11) is -2.36. The fourth-order valence-corrected chi connectivity index (χ4v) is 4.81. The van der Waals surface area contributed by atoms with E-state index in [0.717, 1.165) is 21.2 Å². The Hall–Kier alpha value is -2.71. The molecule has 5 nitrogen and oxygen atoms in total. The first-order valence-electron chi connectivity index (χ1n) is 8.48. The Labute approximate surface area is 167 Å². The molecule has 0 radical (unpaired) electrons. The number of benzene rings is 2. The Balaban J connectivity index is 1.83. The number of hydrogen-bond donors (Lipinski definition) is 1. The summed E-state index contributed by atoms with van der Waals surface area (Å²) in [5.41, 5.74) is 1.05. The number of carbonyl (C=O) groups excluding carboxylic acids is 1. The van der Waals surface area contributed by atoms with Crippen LogP contribution in [0.4, 0.5) is 10.1 Å². The van der Waals surface area contributed by atoms with Crippen LogP contribution in [0, 0.1) is 5.82 Å². The molecule has 146 valence electrons. The van der Waals surface area contributed by atoms with Crippen LogP contribution in [0.2, 0.25) is 0 Å². The van der Waals surface area contributed by atoms with Crippen molar-refractivity contribution in [2.24, 2.45) is 0 Å². The van der Waals surface area contributed by atoms with E-state index in [9.17, 15) is 17.6 Å². The number of nitrogens with one attached hydrogen (secondary N) is 1. The van der Waals surface area contributed by atoms with Gasteiger partial charge in [0.15, 0.2) is 0 Å². The van der Waals surface area contributed by atoms with Crippen LogP contribution in [0.15, 0.2) is 70.9 Å². The second-order valence-electron chi connectivity index (χ2n) is 6.17. The SMILES string of the molecule is CC(NC(=O)c1sccc1N(C)S(=O)(=O)c1ccccc1)c1ccc(F)cc1. The highest BCUT2D eigenvalue weighted by atomic mass is 32.2. The molecule has 0 saturated carbocycles. The maximum atomic E-state index is 13.1. The van der Waals surface area contributed by atoms with Crippen LogP contribution < -0.4 is 9.62 Å². The molecule has 0 saturated heterocycles. The van der Waals surface area contributed by atoms with Crippen molar-refractivity contribution < 1.29 is 17.6 Å². The van der Waals surface area contributed by atoms with E-state index >= 15 is 0 Å². The van der Waals surface area contributed by atoms with Crippen molar-refractivity contribution >= 4 is 33.0 Å². The van der Waals surface area contributed by atoms with Crippen molar-refractivity contribution in [1.82, 2.24) is 5.32 Å². The average Bonchev–Trinajstić information content (AvgIpc) is 3.18. The van der Waals surface area contributed by atoms with Gasteiger partial charge in [0.25, 0.3) is 15.9 Å². The molecule has 0 bridgehead atoms. The lowest BCUT2D eigenvalue weighted by Crippen LogP contribution is -2.30. The third-order valence-corrected chi connectivity index (χ3v) is 7.00. The van der Waals surface area contributed by atoms with Gasteiger partial charge in [0, 0.05) is 7.05 Å². The number of anilines is 1. The quantitative estimate of drug-likeness (QED) is 0.652. The summed E-state index contributed by atoms with van der Waals surface area (Å²) < 4.78 is 39.9. The minimum absolute atomic E-state index is 0.148. The Kier molecular flexibility index (Phi) is 5.81. The Bertz CT molecular complexity index is 1060. The number of halogens is 1. The first-order chi connectivity index (χ1) is 13.3. The maximum Gasteiger partial charge on any atom is 0.264 e. The fraction of sp³-hybridized carbons (Fsp3) is 0.150. The Morgan fingerprint density at radius 3 is 2.36 bits per heavy atom. The van der Waals surface area contributed by atoms with Gasteiger partial charge in [-0.3, -0.25) is 9.10 Å². The van der Waals surface area contributed by atoms with E-state index in [0.29, 0.717) is 5.69 Å². The van der Waals surface area contributed by atoms with Crippen molar-refractivity contribution in [2.75, 3.05) is 11.4 Å². The molecule has 1 amide bonds. The highest BCUT2D eigenvalue weighted by Crippen LogP contribution is 2.30. The molecule has 0 fully saturated rings. The molecule has 1 atom stereocenters. The summed E-state index contributed by atoms with van der Waals surface area (Å²) in [5.74, 6) is -0.743. The largest absolute Gasteiger partial charge is 0.345 e. The molecule has 1 unspecified atom stereocenters. The van der Waals surface area contributed by atoms with E-state index in [1.807, 2.05) is 0 Å². The van der Waals surface area contributed by atoms with Crippen molar-refractivity contribution in [3.8, 4) is 0 Å². The minimum atomic E-state index is -3.79. The smallest absolute Gasteiger partial charge is 0.264 e. The monoisotopic (exact) mass is 418 g/mol. The van der Waals surface area contributed by atoms with Gasteiger partial charge >= 0.3 is 0 Å². The van der Waals surface area contributed by atoms with Gasteiger partial charge in [0.2, 0.25) is 0 Å². The third-order valence-electron chi connectivity index (χ3n) is 4.31. The first kappa shape index (κ1) is 20.0. The lowest BCUT2D eigenvalue weighted by Gasteiger charge is -2.20. The molecular weight excluding hydrogens is 399 g/mol. The topological polar surface area (TPSA) is 66.5 Å². The van der Waals surface area contributed by atoms with Gasteiger partial charge in [-0.2, -0.15) is 0 Å². The fourth-order valence-electron chi connectivity index (χ4n) is 2.70. The summed E-state index contributed by atoms with van der Waals surface area (Å²) in [6.07, 6.45) is 0. The van der Waals surface area contributed by atoms with Gasteiger partial charge < -0.3 is 5.32 Å². The molecule has 1 aromatic heterocycles. The van der Waals surface area contributed by atoms with Crippen LogP contribution in [0.3, 0.4) is 0 Å². The molecule has 0 aliphatic carbocycles. The second kappa shape index (κ2) is 8.12. The van der Waals surface area contributed by atoms with Crippen LogP contribution in [0.25, 0.3) is 0 Å². The number of carbonyl (C=O) groups is 1. The highest BCUT2D eigenvalue weighted by molar-refractivity contribution is 7.92. The Morgan fingerprint density at radius 1 is 1.07 bits per heavy atom. The molecule has 2 aromatic carbocycles. The zero-order chi connectivity index (χ0) is 20.3. The maximum absolute atomic E-state index is 13.1. The van der Waals surface area contributed by atoms with E-state index in [-0.39, 0.29) is 21.6 Å². The number of amides is 1. The summed E-state index contributed by atoms with van der Waals surface area (Å²) in [5, 5.41) is 4.50.